The zero-order valence-corrected chi connectivity index (χ0v) is 16.3. The second-order valence-electron chi connectivity index (χ2n) is 5.50. The zero-order valence-electron chi connectivity index (χ0n) is 16.3. The normalized spacial score (nSPS) is 12.9. The Balaban J connectivity index is 2.86. The van der Waals surface area contributed by atoms with Gasteiger partial charge in [0.2, 0.25) is 0 Å². The smallest absolute Gasteiger partial charge is 0.355 e. The minimum Gasteiger partial charge on any atom is -0.465 e. The molecule has 2 rings (SSSR count). The van der Waals surface area contributed by atoms with E-state index in [1.165, 1.54) is 61.7 Å². The molecule has 0 spiro atoms. The Morgan fingerprint density at radius 1 is 0.759 bits per heavy atom. The number of carbonyl (C=O) groups excluding carboxylic acids is 4. The van der Waals surface area contributed by atoms with Crippen molar-refractivity contribution in [1.82, 2.24) is 0 Å². The number of nitrogens with zero attached hydrogens (tertiary/aromatic N) is 1. The number of anilines is 1. The van der Waals surface area contributed by atoms with Crippen LogP contribution in [0.25, 0.3) is 0 Å². The number of esters is 4. The maximum atomic E-state index is 12.6. The van der Waals surface area contributed by atoms with Gasteiger partial charge in [-0.1, -0.05) is 12.1 Å². The van der Waals surface area contributed by atoms with Crippen LogP contribution in [0.3, 0.4) is 0 Å². The lowest BCUT2D eigenvalue weighted by molar-refractivity contribution is -0.139. The van der Waals surface area contributed by atoms with Gasteiger partial charge < -0.3 is 23.8 Å². The monoisotopic (exact) mass is 401 g/mol. The summed E-state index contributed by atoms with van der Waals surface area (Å²) in [5.74, 6) is -3.27. The van der Waals surface area contributed by atoms with Crippen LogP contribution in [0.5, 0.6) is 0 Å². The topological polar surface area (TPSA) is 108 Å². The molecule has 9 heteroatoms. The molecule has 0 atom stereocenters. The molecule has 1 aliphatic rings. The maximum Gasteiger partial charge on any atom is 0.355 e. The number of ether oxygens (including phenoxy) is 4. The van der Waals surface area contributed by atoms with Crippen molar-refractivity contribution in [3.8, 4) is 0 Å². The van der Waals surface area contributed by atoms with Crippen molar-refractivity contribution in [3.63, 3.8) is 0 Å². The molecule has 0 radical (unpaired) electrons. The summed E-state index contributed by atoms with van der Waals surface area (Å²) >= 11 is 0. The fourth-order valence-electron chi connectivity index (χ4n) is 2.69. The first-order chi connectivity index (χ1) is 13.9. The summed E-state index contributed by atoms with van der Waals surface area (Å²) in [4.78, 5) is 50.8. The SMILES string of the molecule is COC(=O)C1=C(C(=O)OC)N(c2cccc(C(=O)OC)c2C(=O)OC)C=CC=C1. The van der Waals surface area contributed by atoms with Crippen LogP contribution < -0.4 is 4.90 Å². The van der Waals surface area contributed by atoms with Crippen LogP contribution in [0.2, 0.25) is 0 Å². The highest BCUT2D eigenvalue weighted by molar-refractivity contribution is 6.10. The lowest BCUT2D eigenvalue weighted by Gasteiger charge is -2.25. The Bertz CT molecular complexity index is 942. The van der Waals surface area contributed by atoms with E-state index in [1.807, 2.05) is 0 Å². The molecular weight excluding hydrogens is 382 g/mol. The molecule has 0 unspecified atom stereocenters. The second kappa shape index (κ2) is 9.36. The minimum absolute atomic E-state index is 0.0775. The molecular formula is C20H19NO8. The molecule has 29 heavy (non-hydrogen) atoms. The summed E-state index contributed by atoms with van der Waals surface area (Å²) in [6, 6.07) is 4.35. The summed E-state index contributed by atoms with van der Waals surface area (Å²) < 4.78 is 19.1. The molecule has 1 aromatic carbocycles. The van der Waals surface area contributed by atoms with Gasteiger partial charge in [0.25, 0.3) is 0 Å². The fraction of sp³-hybridized carbons (Fsp3) is 0.200. The lowest BCUT2D eigenvalue weighted by Crippen LogP contribution is -2.29. The molecule has 1 aliphatic heterocycles. The van der Waals surface area contributed by atoms with Gasteiger partial charge in [-0.25, -0.2) is 19.2 Å². The molecule has 0 fully saturated rings. The number of hydrogen-bond acceptors (Lipinski definition) is 9. The number of methoxy groups -OCH3 is 4. The molecule has 0 bridgehead atoms. The standard InChI is InChI=1S/C20H19NO8/c1-26-17(22)12-9-7-10-14(15(12)19(24)28-3)21-11-6-5-8-13(18(23)27-2)16(21)20(25)29-4/h5-11H,1-4H3. The van der Waals surface area contributed by atoms with Crippen LogP contribution >= 0.6 is 0 Å². The number of carbonyl (C=O) groups is 4. The quantitative estimate of drug-likeness (QED) is 0.538. The molecule has 9 nitrogen and oxygen atoms in total. The highest BCUT2D eigenvalue weighted by Crippen LogP contribution is 2.32. The molecule has 152 valence electrons. The Hall–Kier alpha value is -3.88. The number of hydrogen-bond donors (Lipinski definition) is 0. The first kappa shape index (κ1) is 21.4. The molecule has 0 aliphatic carbocycles. The van der Waals surface area contributed by atoms with E-state index in [0.717, 1.165) is 14.2 Å². The van der Waals surface area contributed by atoms with E-state index in [2.05, 4.69) is 0 Å². The predicted molar refractivity (Wildman–Crippen MR) is 101 cm³/mol. The first-order valence-corrected chi connectivity index (χ1v) is 8.25. The molecule has 1 aromatic rings. The van der Waals surface area contributed by atoms with Gasteiger partial charge in [-0.15, -0.1) is 0 Å². The molecule has 0 saturated carbocycles. The van der Waals surface area contributed by atoms with Gasteiger partial charge in [-0.2, -0.15) is 0 Å². The van der Waals surface area contributed by atoms with Crippen molar-refractivity contribution in [3.05, 3.63) is 65.0 Å². The van der Waals surface area contributed by atoms with Gasteiger partial charge in [0.1, 0.15) is 5.70 Å². The molecule has 0 saturated heterocycles. The largest absolute Gasteiger partial charge is 0.465 e. The van der Waals surface area contributed by atoms with E-state index in [-0.39, 0.29) is 28.1 Å². The van der Waals surface area contributed by atoms with Crippen molar-refractivity contribution in [2.45, 2.75) is 0 Å². The van der Waals surface area contributed by atoms with Crippen LogP contribution in [-0.4, -0.2) is 52.3 Å². The van der Waals surface area contributed by atoms with Gasteiger partial charge in [0.15, 0.2) is 0 Å². The summed E-state index contributed by atoms with van der Waals surface area (Å²) in [7, 11) is 4.63. The molecule has 0 amide bonds. The van der Waals surface area contributed by atoms with Gasteiger partial charge in [0, 0.05) is 6.20 Å². The average molecular weight is 401 g/mol. The number of benzene rings is 1. The summed E-state index contributed by atoms with van der Waals surface area (Å²) in [5, 5.41) is 0. The van der Waals surface area contributed by atoms with E-state index >= 15 is 0 Å². The minimum atomic E-state index is -0.860. The summed E-state index contributed by atoms with van der Waals surface area (Å²) in [6.07, 6.45) is 5.85. The van der Waals surface area contributed by atoms with Gasteiger partial charge >= 0.3 is 23.9 Å². The Morgan fingerprint density at radius 2 is 1.38 bits per heavy atom. The highest BCUT2D eigenvalue weighted by atomic mass is 16.5. The summed E-state index contributed by atoms with van der Waals surface area (Å²) in [6.45, 7) is 0. The predicted octanol–water partition coefficient (Wildman–Crippen LogP) is 1.75. The van der Waals surface area contributed by atoms with Crippen LogP contribution in [0.4, 0.5) is 5.69 Å². The van der Waals surface area contributed by atoms with E-state index in [9.17, 15) is 19.2 Å². The lowest BCUT2D eigenvalue weighted by atomic mass is 10.0. The van der Waals surface area contributed by atoms with Gasteiger partial charge in [0.05, 0.1) is 50.8 Å². The average Bonchev–Trinajstić information content (AvgIpc) is 2.99. The van der Waals surface area contributed by atoms with E-state index < -0.39 is 23.9 Å². The van der Waals surface area contributed by atoms with Gasteiger partial charge in [-0.05, 0) is 24.3 Å². The third-order valence-electron chi connectivity index (χ3n) is 3.99. The van der Waals surface area contributed by atoms with Crippen molar-refractivity contribution < 1.29 is 38.1 Å². The van der Waals surface area contributed by atoms with Crippen molar-refractivity contribution in [1.29, 1.82) is 0 Å². The van der Waals surface area contributed by atoms with Crippen molar-refractivity contribution in [2.24, 2.45) is 0 Å². The second-order valence-corrected chi connectivity index (χ2v) is 5.50. The Kier molecular flexibility index (Phi) is 6.91. The van der Waals surface area contributed by atoms with Crippen LogP contribution in [0.15, 0.2) is 53.9 Å². The molecule has 0 N–H and O–H groups in total. The van der Waals surface area contributed by atoms with Crippen LogP contribution in [-0.2, 0) is 28.5 Å². The van der Waals surface area contributed by atoms with E-state index in [4.69, 9.17) is 18.9 Å². The van der Waals surface area contributed by atoms with Gasteiger partial charge in [-0.3, -0.25) is 0 Å². The third-order valence-corrected chi connectivity index (χ3v) is 3.99. The van der Waals surface area contributed by atoms with Crippen LogP contribution in [0.1, 0.15) is 20.7 Å². The zero-order chi connectivity index (χ0) is 21.6. The number of rotatable bonds is 5. The van der Waals surface area contributed by atoms with Crippen LogP contribution in [0, 0.1) is 0 Å². The van der Waals surface area contributed by atoms with E-state index in [0.29, 0.717) is 0 Å². The van der Waals surface area contributed by atoms with Crippen molar-refractivity contribution >= 4 is 29.6 Å². The third kappa shape index (κ3) is 4.18. The first-order valence-electron chi connectivity index (χ1n) is 8.25. The number of allylic oxidation sites excluding steroid dienone is 2. The fourth-order valence-corrected chi connectivity index (χ4v) is 2.69. The van der Waals surface area contributed by atoms with E-state index in [1.54, 1.807) is 0 Å². The molecule has 1 heterocycles. The molecule has 0 aromatic heterocycles. The van der Waals surface area contributed by atoms with Crippen molar-refractivity contribution in [2.75, 3.05) is 33.3 Å². The Labute approximate surface area is 166 Å². The summed E-state index contributed by atoms with van der Waals surface area (Å²) in [5.41, 5.74) is -0.452. The highest BCUT2D eigenvalue weighted by Gasteiger charge is 2.32. The Morgan fingerprint density at radius 3 is 1.97 bits per heavy atom. The maximum absolute atomic E-state index is 12.6.